The molecule has 1 aliphatic heterocycles. The van der Waals surface area contributed by atoms with Gasteiger partial charge in [0.05, 0.1) is 22.2 Å². The summed E-state index contributed by atoms with van der Waals surface area (Å²) in [6, 6.07) is 98.5. The lowest BCUT2D eigenvalue weighted by molar-refractivity contribution is 0.605. The molecule has 3 heteroatoms. The fourth-order valence-electron chi connectivity index (χ4n) is 13.0. The van der Waals surface area contributed by atoms with Gasteiger partial charge in [0.1, 0.15) is 0 Å². The molecule has 0 bridgehead atoms. The van der Waals surface area contributed by atoms with Gasteiger partial charge in [0, 0.05) is 26.5 Å². The highest BCUT2D eigenvalue weighted by Crippen LogP contribution is 2.67. The van der Waals surface area contributed by atoms with Crippen molar-refractivity contribution in [1.29, 1.82) is 0 Å². The van der Waals surface area contributed by atoms with Crippen molar-refractivity contribution in [2.75, 3.05) is 0 Å². The highest BCUT2D eigenvalue weighted by molar-refractivity contribution is 7.99. The van der Waals surface area contributed by atoms with E-state index in [1.807, 2.05) is 17.8 Å². The van der Waals surface area contributed by atoms with Gasteiger partial charge in [0.15, 0.2) is 5.82 Å². The lowest BCUT2D eigenvalue weighted by Crippen LogP contribution is -2.45. The number of rotatable bonds is 5. The fourth-order valence-corrected chi connectivity index (χ4v) is 14.2. The lowest BCUT2D eigenvalue weighted by Gasteiger charge is -2.51. The molecule has 0 radical (unpaired) electrons. The van der Waals surface area contributed by atoms with E-state index in [4.69, 9.17) is 9.97 Å². The van der Waals surface area contributed by atoms with Crippen LogP contribution in [0.4, 0.5) is 0 Å². The molecule has 0 saturated heterocycles. The van der Waals surface area contributed by atoms with Gasteiger partial charge >= 0.3 is 0 Å². The van der Waals surface area contributed by atoms with E-state index in [1.165, 1.54) is 87.5 Å². The monoisotopic (exact) mass is 944 g/mol. The molecule has 73 heavy (non-hydrogen) atoms. The topological polar surface area (TPSA) is 25.8 Å². The van der Waals surface area contributed by atoms with Crippen LogP contribution in [0.3, 0.4) is 0 Å². The molecule has 0 atom stereocenters. The summed E-state index contributed by atoms with van der Waals surface area (Å²) in [5, 5.41) is 2.35. The Kier molecular flexibility index (Phi) is 9.36. The van der Waals surface area contributed by atoms with Crippen molar-refractivity contribution in [2.45, 2.75) is 20.6 Å². The molecule has 3 aliphatic rings. The number of nitrogens with zero attached hydrogens (tertiary/aromatic N) is 2. The molecule has 11 aromatic carbocycles. The van der Waals surface area contributed by atoms with E-state index in [0.717, 1.165) is 39.0 Å². The summed E-state index contributed by atoms with van der Waals surface area (Å²) in [4.78, 5) is 13.3. The molecular formula is C70H44N2S. The van der Waals surface area contributed by atoms with Crippen LogP contribution in [-0.2, 0) is 10.8 Å². The van der Waals surface area contributed by atoms with Crippen molar-refractivity contribution in [3.05, 3.63) is 311 Å². The van der Waals surface area contributed by atoms with Gasteiger partial charge in [-0.25, -0.2) is 9.97 Å². The maximum atomic E-state index is 5.37. The quantitative estimate of drug-likeness (QED) is 0.172. The van der Waals surface area contributed by atoms with Gasteiger partial charge in [-0.2, -0.15) is 0 Å². The van der Waals surface area contributed by atoms with Crippen LogP contribution in [0, 0.1) is 0 Å². The zero-order chi connectivity index (χ0) is 48.1. The molecule has 15 rings (SSSR count). The SMILES string of the molecule is c1ccc(-c2nc(-c3cccc(-c4cccc5c4-c4ccccc4C54c5ccccc5C5(c6ccccc6Sc6ccccc65)c5ccccc54)c3)cc(-c3ccc(-c4ccccc4)c4ccccc34)n2)cc1. The fraction of sp³-hybridized carbons (Fsp3) is 0.0286. The van der Waals surface area contributed by atoms with Crippen molar-refractivity contribution in [2.24, 2.45) is 0 Å². The van der Waals surface area contributed by atoms with Crippen LogP contribution in [0.15, 0.2) is 277 Å². The van der Waals surface area contributed by atoms with Crippen LogP contribution in [0.1, 0.15) is 44.5 Å². The zero-order valence-corrected chi connectivity index (χ0v) is 40.5. The molecule has 1 aromatic heterocycles. The first-order valence-corrected chi connectivity index (χ1v) is 26.0. The van der Waals surface area contributed by atoms with E-state index < -0.39 is 10.8 Å². The van der Waals surface area contributed by atoms with E-state index in [2.05, 4.69) is 261 Å². The van der Waals surface area contributed by atoms with Gasteiger partial charge in [0.25, 0.3) is 0 Å². The molecule has 2 spiro atoms. The molecule has 2 nitrogen and oxygen atoms in total. The van der Waals surface area contributed by atoms with Crippen molar-refractivity contribution in [1.82, 2.24) is 9.97 Å². The van der Waals surface area contributed by atoms with Gasteiger partial charge in [-0.1, -0.05) is 254 Å². The van der Waals surface area contributed by atoms with Gasteiger partial charge in [-0.05, 0) is 113 Å². The van der Waals surface area contributed by atoms with Crippen molar-refractivity contribution in [3.63, 3.8) is 0 Å². The Morgan fingerprint density at radius 1 is 0.260 bits per heavy atom. The van der Waals surface area contributed by atoms with E-state index in [0.29, 0.717) is 5.82 Å². The minimum atomic E-state index is -0.586. The Balaban J connectivity index is 0.938. The Morgan fingerprint density at radius 2 is 0.699 bits per heavy atom. The van der Waals surface area contributed by atoms with E-state index in [-0.39, 0.29) is 0 Å². The number of benzene rings is 11. The van der Waals surface area contributed by atoms with E-state index >= 15 is 0 Å². The van der Waals surface area contributed by atoms with E-state index in [9.17, 15) is 0 Å². The van der Waals surface area contributed by atoms with Gasteiger partial charge in [0.2, 0.25) is 0 Å². The molecule has 2 heterocycles. The predicted octanol–water partition coefficient (Wildman–Crippen LogP) is 17.5. The summed E-state index contributed by atoms with van der Waals surface area (Å²) in [5.74, 6) is 0.695. The Bertz CT molecular complexity index is 4100. The van der Waals surface area contributed by atoms with Crippen LogP contribution in [0.25, 0.3) is 78.1 Å². The minimum absolute atomic E-state index is 0.522. The first-order valence-electron chi connectivity index (χ1n) is 25.1. The van der Waals surface area contributed by atoms with Crippen LogP contribution >= 0.6 is 11.8 Å². The third kappa shape index (κ3) is 6.00. The summed E-state index contributed by atoms with van der Waals surface area (Å²) in [7, 11) is 0. The molecule has 0 fully saturated rings. The number of aromatic nitrogens is 2. The average molecular weight is 945 g/mol. The third-order valence-corrected chi connectivity index (χ3v) is 17.0. The van der Waals surface area contributed by atoms with Crippen molar-refractivity contribution < 1.29 is 0 Å². The highest BCUT2D eigenvalue weighted by Gasteiger charge is 2.58. The molecule has 12 aromatic rings. The van der Waals surface area contributed by atoms with Crippen LogP contribution in [0.5, 0.6) is 0 Å². The highest BCUT2D eigenvalue weighted by atomic mass is 32.2. The van der Waals surface area contributed by atoms with Crippen molar-refractivity contribution >= 4 is 22.5 Å². The zero-order valence-electron chi connectivity index (χ0n) is 39.7. The predicted molar refractivity (Wildman–Crippen MR) is 300 cm³/mol. The van der Waals surface area contributed by atoms with E-state index in [1.54, 1.807) is 0 Å². The molecule has 0 unspecified atom stereocenters. The Labute approximate surface area is 429 Å². The van der Waals surface area contributed by atoms with Crippen LogP contribution < -0.4 is 0 Å². The maximum absolute atomic E-state index is 5.37. The number of hydrogen-bond acceptors (Lipinski definition) is 3. The van der Waals surface area contributed by atoms with Crippen molar-refractivity contribution in [3.8, 4) is 67.3 Å². The Hall–Kier alpha value is -8.89. The van der Waals surface area contributed by atoms with Gasteiger partial charge < -0.3 is 0 Å². The normalized spacial score (nSPS) is 13.9. The summed E-state index contributed by atoms with van der Waals surface area (Å²) in [6.45, 7) is 0. The largest absolute Gasteiger partial charge is 0.228 e. The molecule has 0 amide bonds. The standard InChI is InChI=1S/C70H44N2S/c1-3-21-45(22-4-1)49-41-42-53(52-28-8-7-27-51(49)52)64-44-63(71-68(72-64)46-23-5-2-6-24-46)48-26-19-25-47(43-48)50-30-20-38-62-67(50)54-29-9-10-31-55(54)69(62)56-32-11-13-34-58(56)70(59-35-14-12-33-57(59)69)60-36-15-17-39-65(60)73-66-40-18-16-37-61(66)70/h1-44H. The molecule has 340 valence electrons. The molecule has 0 saturated carbocycles. The third-order valence-electron chi connectivity index (χ3n) is 15.9. The molecule has 2 aliphatic carbocycles. The summed E-state index contributed by atoms with van der Waals surface area (Å²) >= 11 is 1.89. The minimum Gasteiger partial charge on any atom is -0.228 e. The lowest BCUT2D eigenvalue weighted by atomic mass is 9.51. The Morgan fingerprint density at radius 3 is 1.36 bits per heavy atom. The first kappa shape index (κ1) is 41.9. The number of fused-ring (bicyclic) bond motifs is 16. The second-order valence-corrected chi connectivity index (χ2v) is 20.5. The van der Waals surface area contributed by atoms with Crippen LogP contribution in [0.2, 0.25) is 0 Å². The number of hydrogen-bond donors (Lipinski definition) is 0. The van der Waals surface area contributed by atoms with Gasteiger partial charge in [-0.15, -0.1) is 0 Å². The summed E-state index contributed by atoms with van der Waals surface area (Å²) in [5.41, 5.74) is 21.6. The average Bonchev–Trinajstić information content (AvgIpc) is 3.78. The molecule has 0 N–H and O–H groups in total. The smallest absolute Gasteiger partial charge is 0.160 e. The maximum Gasteiger partial charge on any atom is 0.160 e. The second kappa shape index (κ2) is 16.3. The molecular weight excluding hydrogens is 901 g/mol. The van der Waals surface area contributed by atoms with Crippen LogP contribution in [-0.4, -0.2) is 9.97 Å². The summed E-state index contributed by atoms with van der Waals surface area (Å²) in [6.07, 6.45) is 0. The summed E-state index contributed by atoms with van der Waals surface area (Å²) < 4.78 is 0. The van der Waals surface area contributed by atoms with Gasteiger partial charge in [-0.3, -0.25) is 0 Å². The second-order valence-electron chi connectivity index (χ2n) is 19.4. The first-order chi connectivity index (χ1) is 36.2.